The number of primary amides is 1. The minimum Gasteiger partial charge on any atom is -0.478 e. The lowest BCUT2D eigenvalue weighted by Gasteiger charge is -2.45. The molecule has 2 aliphatic rings. The van der Waals surface area contributed by atoms with Gasteiger partial charge < -0.3 is 15.6 Å². The van der Waals surface area contributed by atoms with Crippen LogP contribution in [0.15, 0.2) is 12.2 Å². The van der Waals surface area contributed by atoms with E-state index in [9.17, 15) is 14.4 Å². The largest absolute Gasteiger partial charge is 0.478 e. The van der Waals surface area contributed by atoms with Gasteiger partial charge in [-0.25, -0.2) is 9.59 Å². The second-order valence-corrected chi connectivity index (χ2v) is 6.31. The quantitative estimate of drug-likeness (QED) is 0.530. The predicted octanol–water partition coefficient (Wildman–Crippen LogP) is 0.821. The molecule has 2 bridgehead atoms. The SMILES string of the molecule is CCCCN1C2CCC1(C(N)=O)C[C@H](OC(=O)/C=C/C(=O)O)C2. The number of amides is 1. The maximum atomic E-state index is 12.1. The van der Waals surface area contributed by atoms with Crippen LogP contribution in [0.5, 0.6) is 0 Å². The van der Waals surface area contributed by atoms with E-state index in [0.717, 1.165) is 38.0 Å². The Balaban J connectivity index is 2.07. The number of carbonyl (C=O) groups is 3. The number of rotatable bonds is 7. The van der Waals surface area contributed by atoms with Gasteiger partial charge in [-0.1, -0.05) is 13.3 Å². The molecule has 2 heterocycles. The van der Waals surface area contributed by atoms with Crippen molar-refractivity contribution in [3.05, 3.63) is 12.2 Å². The summed E-state index contributed by atoms with van der Waals surface area (Å²) in [7, 11) is 0. The van der Waals surface area contributed by atoms with E-state index >= 15 is 0 Å². The third-order valence-corrected chi connectivity index (χ3v) is 4.84. The first-order chi connectivity index (χ1) is 10.9. The second kappa shape index (κ2) is 7.12. The highest BCUT2D eigenvalue weighted by molar-refractivity contribution is 5.91. The smallest absolute Gasteiger partial charge is 0.331 e. The summed E-state index contributed by atoms with van der Waals surface area (Å²) in [5, 5.41) is 8.53. The highest BCUT2D eigenvalue weighted by atomic mass is 16.5. The molecule has 2 fully saturated rings. The van der Waals surface area contributed by atoms with Crippen molar-refractivity contribution in [1.82, 2.24) is 4.90 Å². The summed E-state index contributed by atoms with van der Waals surface area (Å²) in [5.41, 5.74) is 4.94. The minimum atomic E-state index is -1.20. The van der Waals surface area contributed by atoms with Crippen LogP contribution in [0.1, 0.15) is 45.4 Å². The lowest BCUT2D eigenvalue weighted by molar-refractivity contribution is -0.153. The second-order valence-electron chi connectivity index (χ2n) is 6.31. The van der Waals surface area contributed by atoms with E-state index < -0.39 is 23.6 Å². The van der Waals surface area contributed by atoms with E-state index in [2.05, 4.69) is 11.8 Å². The Labute approximate surface area is 135 Å². The molecule has 0 aromatic carbocycles. The summed E-state index contributed by atoms with van der Waals surface area (Å²) < 4.78 is 5.33. The number of hydrogen-bond acceptors (Lipinski definition) is 5. The molecule has 0 spiro atoms. The number of carbonyl (C=O) groups excluding carboxylic acids is 2. The third kappa shape index (κ3) is 3.72. The zero-order valence-corrected chi connectivity index (χ0v) is 13.4. The predicted molar refractivity (Wildman–Crippen MR) is 82.5 cm³/mol. The van der Waals surface area contributed by atoms with Crippen LogP contribution in [0.4, 0.5) is 0 Å². The number of piperidine rings is 1. The summed E-state index contributed by atoms with van der Waals surface area (Å²) in [4.78, 5) is 36.4. The summed E-state index contributed by atoms with van der Waals surface area (Å²) >= 11 is 0. The van der Waals surface area contributed by atoms with Crippen molar-refractivity contribution in [2.24, 2.45) is 5.73 Å². The van der Waals surface area contributed by atoms with Crippen LogP contribution < -0.4 is 5.73 Å². The van der Waals surface area contributed by atoms with E-state index in [1.54, 1.807) is 0 Å². The van der Waals surface area contributed by atoms with Crippen molar-refractivity contribution < 1.29 is 24.2 Å². The number of unbranched alkanes of at least 4 members (excludes halogenated alkanes) is 1. The molecule has 2 rings (SSSR count). The average molecular weight is 324 g/mol. The maximum absolute atomic E-state index is 12.1. The number of ether oxygens (including phenoxy) is 1. The van der Waals surface area contributed by atoms with Gasteiger partial charge in [-0.2, -0.15) is 0 Å². The number of carboxylic acids is 1. The number of carboxylic acid groups (broad SMARTS) is 1. The standard InChI is InChI=1S/C16H24N2O5/c1-2-3-8-18-11-6-7-16(18,15(17)22)10-12(9-11)23-14(21)5-4-13(19)20/h4-5,11-12H,2-3,6-10H2,1H3,(H2,17,22)(H,19,20)/b5-4+/t11?,12-,16?/m1/s1. The van der Waals surface area contributed by atoms with Gasteiger partial charge in [0.25, 0.3) is 0 Å². The van der Waals surface area contributed by atoms with Gasteiger partial charge >= 0.3 is 11.9 Å². The van der Waals surface area contributed by atoms with Crippen LogP contribution >= 0.6 is 0 Å². The summed E-state index contributed by atoms with van der Waals surface area (Å²) in [5.74, 6) is -2.26. The monoisotopic (exact) mass is 324 g/mol. The molecule has 2 unspecified atom stereocenters. The van der Waals surface area contributed by atoms with E-state index in [0.29, 0.717) is 19.3 Å². The number of esters is 1. The van der Waals surface area contributed by atoms with E-state index in [4.69, 9.17) is 15.6 Å². The van der Waals surface area contributed by atoms with Crippen molar-refractivity contribution in [1.29, 1.82) is 0 Å². The topological polar surface area (TPSA) is 110 Å². The Kier molecular flexibility index (Phi) is 5.41. The van der Waals surface area contributed by atoms with Gasteiger partial charge in [-0.15, -0.1) is 0 Å². The first-order valence-corrected chi connectivity index (χ1v) is 8.07. The van der Waals surface area contributed by atoms with Crippen molar-refractivity contribution in [3.8, 4) is 0 Å². The molecular formula is C16H24N2O5. The Morgan fingerprint density at radius 1 is 1.39 bits per heavy atom. The Morgan fingerprint density at radius 2 is 2.13 bits per heavy atom. The van der Waals surface area contributed by atoms with E-state index in [1.807, 2.05) is 0 Å². The fraction of sp³-hybridized carbons (Fsp3) is 0.688. The normalized spacial score (nSPS) is 30.5. The van der Waals surface area contributed by atoms with Gasteiger partial charge in [-0.05, 0) is 25.8 Å². The Morgan fingerprint density at radius 3 is 2.74 bits per heavy atom. The molecule has 7 heteroatoms. The Bertz CT molecular complexity index is 519. The highest BCUT2D eigenvalue weighted by Crippen LogP contribution is 2.45. The highest BCUT2D eigenvalue weighted by Gasteiger charge is 2.55. The molecule has 2 aliphatic heterocycles. The van der Waals surface area contributed by atoms with E-state index in [1.165, 1.54) is 0 Å². The summed E-state index contributed by atoms with van der Waals surface area (Å²) in [6.45, 7) is 2.92. The third-order valence-electron chi connectivity index (χ3n) is 4.84. The molecule has 23 heavy (non-hydrogen) atoms. The van der Waals surface area contributed by atoms with Gasteiger partial charge in [0, 0.05) is 31.0 Å². The van der Waals surface area contributed by atoms with Crippen LogP contribution in [0.2, 0.25) is 0 Å². The number of nitrogens with zero attached hydrogens (tertiary/aromatic N) is 1. The number of nitrogens with two attached hydrogens (primary N) is 1. The molecule has 0 aliphatic carbocycles. The molecule has 7 nitrogen and oxygen atoms in total. The van der Waals surface area contributed by atoms with Gasteiger partial charge in [0.15, 0.2) is 0 Å². The van der Waals surface area contributed by atoms with Gasteiger partial charge in [0.1, 0.15) is 11.6 Å². The van der Waals surface area contributed by atoms with Crippen LogP contribution in [-0.2, 0) is 19.1 Å². The van der Waals surface area contributed by atoms with Gasteiger partial charge in [0.2, 0.25) is 5.91 Å². The zero-order valence-electron chi connectivity index (χ0n) is 13.4. The van der Waals surface area contributed by atoms with Crippen LogP contribution in [0.3, 0.4) is 0 Å². The van der Waals surface area contributed by atoms with Crippen LogP contribution in [0, 0.1) is 0 Å². The number of hydrogen-bond donors (Lipinski definition) is 2. The maximum Gasteiger partial charge on any atom is 0.331 e. The molecular weight excluding hydrogens is 300 g/mol. The molecule has 0 radical (unpaired) electrons. The molecule has 0 aromatic rings. The first-order valence-electron chi connectivity index (χ1n) is 8.07. The Hall–Kier alpha value is -1.89. The number of aliphatic carboxylic acids is 1. The fourth-order valence-electron chi connectivity index (χ4n) is 3.81. The molecule has 3 atom stereocenters. The lowest BCUT2D eigenvalue weighted by Crippen LogP contribution is -2.61. The molecule has 0 saturated carbocycles. The average Bonchev–Trinajstić information content (AvgIpc) is 2.70. The molecule has 0 aromatic heterocycles. The summed E-state index contributed by atoms with van der Waals surface area (Å²) in [6.07, 6.45) is 5.87. The van der Waals surface area contributed by atoms with E-state index in [-0.39, 0.29) is 11.9 Å². The van der Waals surface area contributed by atoms with Crippen molar-refractivity contribution >= 4 is 17.8 Å². The van der Waals surface area contributed by atoms with Gasteiger partial charge in [0.05, 0.1) is 0 Å². The van der Waals surface area contributed by atoms with Crippen molar-refractivity contribution in [2.45, 2.75) is 63.1 Å². The van der Waals surface area contributed by atoms with Crippen LogP contribution in [0.25, 0.3) is 0 Å². The van der Waals surface area contributed by atoms with Crippen molar-refractivity contribution in [3.63, 3.8) is 0 Å². The van der Waals surface area contributed by atoms with Crippen LogP contribution in [-0.4, -0.2) is 52.1 Å². The minimum absolute atomic E-state index is 0.184. The number of fused-ring (bicyclic) bond motifs is 2. The summed E-state index contributed by atoms with van der Waals surface area (Å²) in [6, 6.07) is 0.184. The fourth-order valence-corrected chi connectivity index (χ4v) is 3.81. The molecule has 2 saturated heterocycles. The zero-order chi connectivity index (χ0) is 17.0. The van der Waals surface area contributed by atoms with Crippen molar-refractivity contribution in [2.75, 3.05) is 6.54 Å². The molecule has 128 valence electrons. The van der Waals surface area contributed by atoms with Gasteiger partial charge in [-0.3, -0.25) is 9.69 Å². The first kappa shape index (κ1) is 17.5. The molecule has 1 amide bonds. The lowest BCUT2D eigenvalue weighted by atomic mass is 9.85. The molecule has 3 N–H and O–H groups in total.